The summed E-state index contributed by atoms with van der Waals surface area (Å²) >= 11 is 0. The number of hydrogen-bond acceptors (Lipinski definition) is 3. The van der Waals surface area contributed by atoms with Crippen molar-refractivity contribution in [1.82, 2.24) is 10.3 Å². The third-order valence-corrected chi connectivity index (χ3v) is 2.86. The van der Waals surface area contributed by atoms with E-state index in [0.29, 0.717) is 18.2 Å². The van der Waals surface area contributed by atoms with Gasteiger partial charge in [-0.3, -0.25) is 4.79 Å². The van der Waals surface area contributed by atoms with Crippen molar-refractivity contribution in [2.24, 2.45) is 0 Å². The van der Waals surface area contributed by atoms with E-state index in [1.165, 1.54) is 0 Å². The van der Waals surface area contributed by atoms with Crippen LogP contribution < -0.4 is 10.1 Å². The molecule has 0 bridgehead atoms. The molecule has 0 aliphatic heterocycles. The molecule has 2 rings (SSSR count). The van der Waals surface area contributed by atoms with Gasteiger partial charge in [-0.1, -0.05) is 13.8 Å². The van der Waals surface area contributed by atoms with E-state index in [1.807, 2.05) is 32.0 Å². The molecule has 0 saturated carbocycles. The van der Waals surface area contributed by atoms with Crippen molar-refractivity contribution in [3.05, 3.63) is 30.0 Å². The number of aromatic nitrogens is 1. The van der Waals surface area contributed by atoms with Crippen molar-refractivity contribution in [1.29, 1.82) is 0 Å². The van der Waals surface area contributed by atoms with E-state index in [2.05, 4.69) is 10.3 Å². The Kier molecular flexibility index (Phi) is 3.67. The number of Topliss-reactive ketones (excluding diaryl/α,β-unsaturated/α-hetero) is 1. The number of ether oxygens (including phenoxy) is 1. The summed E-state index contributed by atoms with van der Waals surface area (Å²) in [7, 11) is 1.62. The monoisotopic (exact) mass is 246 g/mol. The summed E-state index contributed by atoms with van der Waals surface area (Å²) < 4.78 is 5.18. The normalized spacial score (nSPS) is 11.1. The van der Waals surface area contributed by atoms with Gasteiger partial charge in [0.25, 0.3) is 0 Å². The van der Waals surface area contributed by atoms with Crippen molar-refractivity contribution < 1.29 is 9.53 Å². The summed E-state index contributed by atoms with van der Waals surface area (Å²) in [5.74, 6) is 0.844. The lowest BCUT2D eigenvalue weighted by Crippen LogP contribution is -2.29. The van der Waals surface area contributed by atoms with Gasteiger partial charge in [0.1, 0.15) is 5.75 Å². The number of fused-ring (bicyclic) bond motifs is 1. The van der Waals surface area contributed by atoms with Crippen LogP contribution in [0.15, 0.2) is 24.4 Å². The largest absolute Gasteiger partial charge is 0.497 e. The van der Waals surface area contributed by atoms with Crippen molar-refractivity contribution in [3.63, 3.8) is 0 Å². The fourth-order valence-corrected chi connectivity index (χ4v) is 1.85. The topological polar surface area (TPSA) is 54.1 Å². The average molecular weight is 246 g/mol. The molecule has 1 aromatic carbocycles. The van der Waals surface area contributed by atoms with E-state index < -0.39 is 0 Å². The Hall–Kier alpha value is -1.81. The summed E-state index contributed by atoms with van der Waals surface area (Å²) in [4.78, 5) is 15.2. The van der Waals surface area contributed by atoms with Crippen LogP contribution in [0.1, 0.15) is 24.2 Å². The van der Waals surface area contributed by atoms with E-state index in [-0.39, 0.29) is 5.78 Å². The third kappa shape index (κ3) is 2.54. The second kappa shape index (κ2) is 5.23. The Morgan fingerprint density at radius 2 is 2.22 bits per heavy atom. The maximum atomic E-state index is 12.1. The number of H-pyrrole nitrogens is 1. The van der Waals surface area contributed by atoms with Gasteiger partial charge in [-0.15, -0.1) is 0 Å². The molecule has 4 nitrogen and oxygen atoms in total. The van der Waals surface area contributed by atoms with Crippen LogP contribution in [0.5, 0.6) is 5.75 Å². The number of aromatic amines is 1. The quantitative estimate of drug-likeness (QED) is 0.796. The van der Waals surface area contributed by atoms with Gasteiger partial charge in [0, 0.05) is 28.7 Å². The number of benzene rings is 1. The zero-order chi connectivity index (χ0) is 13.1. The third-order valence-electron chi connectivity index (χ3n) is 2.86. The van der Waals surface area contributed by atoms with Crippen LogP contribution in [0.25, 0.3) is 10.9 Å². The van der Waals surface area contributed by atoms with Crippen molar-refractivity contribution >= 4 is 16.7 Å². The highest BCUT2D eigenvalue weighted by Crippen LogP contribution is 2.23. The van der Waals surface area contributed by atoms with Gasteiger partial charge in [-0.25, -0.2) is 0 Å². The van der Waals surface area contributed by atoms with E-state index in [4.69, 9.17) is 4.74 Å². The van der Waals surface area contributed by atoms with Crippen molar-refractivity contribution in [2.75, 3.05) is 13.7 Å². The molecule has 0 atom stereocenters. The lowest BCUT2D eigenvalue weighted by Gasteiger charge is -2.06. The number of rotatable bonds is 5. The number of nitrogens with one attached hydrogen (secondary N) is 2. The second-order valence-electron chi connectivity index (χ2n) is 4.57. The van der Waals surface area contributed by atoms with Gasteiger partial charge < -0.3 is 15.0 Å². The maximum Gasteiger partial charge on any atom is 0.178 e. The Labute approximate surface area is 106 Å². The summed E-state index contributed by atoms with van der Waals surface area (Å²) in [5.41, 5.74) is 1.65. The minimum absolute atomic E-state index is 0.0863. The smallest absolute Gasteiger partial charge is 0.178 e. The number of ketones is 1. The molecule has 0 aliphatic rings. The Morgan fingerprint density at radius 1 is 1.44 bits per heavy atom. The summed E-state index contributed by atoms with van der Waals surface area (Å²) in [6, 6.07) is 5.98. The Morgan fingerprint density at radius 3 is 2.89 bits per heavy atom. The standard InChI is InChI=1S/C14H18N2O2/c1-9(2)15-8-14(17)12-7-16-13-5-4-10(18-3)6-11(12)13/h4-7,9,15-16H,8H2,1-3H3. The van der Waals surface area contributed by atoms with Crippen molar-refractivity contribution in [2.45, 2.75) is 19.9 Å². The first-order chi connectivity index (χ1) is 8.61. The average Bonchev–Trinajstić information content (AvgIpc) is 2.78. The molecular formula is C14H18N2O2. The predicted molar refractivity (Wildman–Crippen MR) is 72.3 cm³/mol. The van der Waals surface area contributed by atoms with Crippen LogP contribution in [-0.2, 0) is 0 Å². The fraction of sp³-hybridized carbons (Fsp3) is 0.357. The molecule has 0 saturated heterocycles. The van der Waals surface area contributed by atoms with Crippen LogP contribution in [0.2, 0.25) is 0 Å². The first-order valence-corrected chi connectivity index (χ1v) is 6.03. The van der Waals surface area contributed by atoms with E-state index in [9.17, 15) is 4.79 Å². The van der Waals surface area contributed by atoms with E-state index in [0.717, 1.165) is 16.7 Å². The summed E-state index contributed by atoms with van der Waals surface area (Å²) in [6.45, 7) is 4.39. The fourth-order valence-electron chi connectivity index (χ4n) is 1.85. The molecule has 0 spiro atoms. The predicted octanol–water partition coefficient (Wildman–Crippen LogP) is 2.36. The van der Waals surface area contributed by atoms with Gasteiger partial charge in [-0.2, -0.15) is 0 Å². The van der Waals surface area contributed by atoms with Crippen LogP contribution in [0, 0.1) is 0 Å². The molecule has 0 radical (unpaired) electrons. The lowest BCUT2D eigenvalue weighted by molar-refractivity contribution is 0.0990. The molecule has 0 amide bonds. The number of methoxy groups -OCH3 is 1. The lowest BCUT2D eigenvalue weighted by atomic mass is 10.1. The van der Waals surface area contributed by atoms with Gasteiger partial charge in [-0.05, 0) is 18.2 Å². The highest BCUT2D eigenvalue weighted by Gasteiger charge is 2.12. The number of carbonyl (C=O) groups is 1. The molecular weight excluding hydrogens is 228 g/mol. The van der Waals surface area contributed by atoms with Crippen LogP contribution >= 0.6 is 0 Å². The van der Waals surface area contributed by atoms with Crippen LogP contribution in [-0.4, -0.2) is 30.5 Å². The van der Waals surface area contributed by atoms with E-state index in [1.54, 1.807) is 13.3 Å². The minimum atomic E-state index is 0.0863. The van der Waals surface area contributed by atoms with Crippen molar-refractivity contribution in [3.8, 4) is 5.75 Å². The molecule has 0 fully saturated rings. The molecule has 0 unspecified atom stereocenters. The molecule has 0 aliphatic carbocycles. The second-order valence-corrected chi connectivity index (χ2v) is 4.57. The Bertz CT molecular complexity index is 558. The minimum Gasteiger partial charge on any atom is -0.497 e. The molecule has 2 aromatic rings. The SMILES string of the molecule is COc1ccc2[nH]cc(C(=O)CNC(C)C)c2c1. The summed E-state index contributed by atoms with van der Waals surface area (Å²) in [5, 5.41) is 4.04. The van der Waals surface area contributed by atoms with Gasteiger partial charge in [0.2, 0.25) is 0 Å². The molecule has 2 N–H and O–H groups in total. The van der Waals surface area contributed by atoms with Crippen LogP contribution in [0.4, 0.5) is 0 Å². The first kappa shape index (κ1) is 12.6. The summed E-state index contributed by atoms with van der Waals surface area (Å²) in [6.07, 6.45) is 1.76. The molecule has 96 valence electrons. The molecule has 18 heavy (non-hydrogen) atoms. The molecule has 4 heteroatoms. The highest BCUT2D eigenvalue weighted by molar-refractivity contribution is 6.09. The number of hydrogen-bond donors (Lipinski definition) is 2. The van der Waals surface area contributed by atoms with Gasteiger partial charge >= 0.3 is 0 Å². The van der Waals surface area contributed by atoms with E-state index >= 15 is 0 Å². The molecule has 1 aromatic heterocycles. The molecule has 1 heterocycles. The first-order valence-electron chi connectivity index (χ1n) is 6.03. The zero-order valence-corrected chi connectivity index (χ0v) is 10.9. The Balaban J connectivity index is 2.29. The maximum absolute atomic E-state index is 12.1. The van der Waals surface area contributed by atoms with Gasteiger partial charge in [0.05, 0.1) is 13.7 Å². The highest BCUT2D eigenvalue weighted by atomic mass is 16.5. The van der Waals surface area contributed by atoms with Crippen LogP contribution in [0.3, 0.4) is 0 Å². The zero-order valence-electron chi connectivity index (χ0n) is 10.9. The number of carbonyl (C=O) groups excluding carboxylic acids is 1. The van der Waals surface area contributed by atoms with Gasteiger partial charge in [0.15, 0.2) is 5.78 Å².